The molecule has 0 aliphatic carbocycles. The van der Waals surface area contributed by atoms with Crippen LogP contribution < -0.4 is 0 Å². The number of carbonyl (C=O) groups excluding carboxylic acids is 1. The fraction of sp³-hybridized carbons (Fsp3) is 0.562. The van der Waals surface area contributed by atoms with E-state index in [4.69, 9.17) is 4.74 Å². The van der Waals surface area contributed by atoms with Crippen molar-refractivity contribution >= 4 is 6.09 Å². The van der Waals surface area contributed by atoms with Crippen LogP contribution in [0.3, 0.4) is 0 Å². The summed E-state index contributed by atoms with van der Waals surface area (Å²) in [7, 11) is 2.19. The molecular weight excluding hydrogens is 252 g/mol. The zero-order chi connectivity index (χ0) is 13.9. The number of hydrogen-bond acceptors (Lipinski definition) is 3. The van der Waals surface area contributed by atoms with Gasteiger partial charge in [0.1, 0.15) is 6.61 Å². The van der Waals surface area contributed by atoms with E-state index in [1.54, 1.807) is 0 Å². The first kappa shape index (κ1) is 13.4. The quantitative estimate of drug-likeness (QED) is 0.830. The van der Waals surface area contributed by atoms with Gasteiger partial charge in [-0.05, 0) is 37.9 Å². The van der Waals surface area contributed by atoms with Crippen molar-refractivity contribution < 1.29 is 9.53 Å². The van der Waals surface area contributed by atoms with E-state index in [0.717, 1.165) is 31.6 Å². The van der Waals surface area contributed by atoms with E-state index in [1.165, 1.54) is 6.42 Å². The van der Waals surface area contributed by atoms with Crippen LogP contribution in [0.2, 0.25) is 0 Å². The molecule has 0 spiro atoms. The Morgan fingerprint density at radius 3 is 2.85 bits per heavy atom. The molecule has 0 unspecified atom stereocenters. The molecule has 4 nitrogen and oxygen atoms in total. The van der Waals surface area contributed by atoms with Crippen molar-refractivity contribution in [2.75, 3.05) is 26.7 Å². The van der Waals surface area contributed by atoms with Crippen LogP contribution in [0, 0.1) is 5.92 Å². The molecule has 0 N–H and O–H groups in total. The Labute approximate surface area is 120 Å². The number of rotatable bonds is 2. The lowest BCUT2D eigenvalue weighted by molar-refractivity contribution is 0.0680. The summed E-state index contributed by atoms with van der Waals surface area (Å²) < 4.78 is 5.42. The Morgan fingerprint density at radius 1 is 1.25 bits per heavy atom. The summed E-state index contributed by atoms with van der Waals surface area (Å²) in [6.07, 6.45) is 2.10. The lowest BCUT2D eigenvalue weighted by Gasteiger charge is -2.36. The summed E-state index contributed by atoms with van der Waals surface area (Å²) >= 11 is 0. The second-order valence-corrected chi connectivity index (χ2v) is 5.87. The lowest BCUT2D eigenvalue weighted by Crippen LogP contribution is -2.47. The zero-order valence-electron chi connectivity index (χ0n) is 12.0. The summed E-state index contributed by atoms with van der Waals surface area (Å²) in [5, 5.41) is 0. The van der Waals surface area contributed by atoms with Gasteiger partial charge in [-0.15, -0.1) is 0 Å². The van der Waals surface area contributed by atoms with Crippen LogP contribution in [0.15, 0.2) is 30.3 Å². The molecule has 0 saturated carbocycles. The molecule has 0 aromatic heterocycles. The van der Waals surface area contributed by atoms with Gasteiger partial charge in [-0.3, -0.25) is 0 Å². The Balaban J connectivity index is 1.51. The van der Waals surface area contributed by atoms with Gasteiger partial charge in [0.25, 0.3) is 0 Å². The monoisotopic (exact) mass is 274 g/mol. The largest absolute Gasteiger partial charge is 0.445 e. The van der Waals surface area contributed by atoms with Gasteiger partial charge in [-0.2, -0.15) is 0 Å². The first-order chi connectivity index (χ1) is 9.74. The van der Waals surface area contributed by atoms with Crippen LogP contribution in [-0.2, 0) is 11.3 Å². The lowest BCUT2D eigenvalue weighted by atomic mass is 9.93. The molecule has 2 aliphatic heterocycles. The van der Waals surface area contributed by atoms with Crippen molar-refractivity contribution in [3.05, 3.63) is 35.9 Å². The van der Waals surface area contributed by atoms with E-state index in [0.29, 0.717) is 18.6 Å². The number of carbonyl (C=O) groups is 1. The van der Waals surface area contributed by atoms with Gasteiger partial charge in [0, 0.05) is 19.1 Å². The van der Waals surface area contributed by atoms with Gasteiger partial charge in [-0.25, -0.2) is 4.79 Å². The molecule has 108 valence electrons. The predicted octanol–water partition coefficient (Wildman–Crippen LogP) is 2.35. The average Bonchev–Trinajstić information content (AvgIpc) is 2.87. The maximum atomic E-state index is 12.1. The number of benzene rings is 1. The molecule has 2 aliphatic rings. The molecule has 2 atom stereocenters. The molecule has 1 aromatic carbocycles. The summed E-state index contributed by atoms with van der Waals surface area (Å²) in [6, 6.07) is 10.5. The minimum atomic E-state index is -0.165. The minimum absolute atomic E-state index is 0.165. The number of likely N-dealkylation sites (tertiary alicyclic amines) is 2. The Hall–Kier alpha value is -1.55. The van der Waals surface area contributed by atoms with Gasteiger partial charge in [0.2, 0.25) is 0 Å². The standard InChI is InChI=1S/C16H22N2O2/c1-17-9-7-14-11-18(10-8-15(14)17)16(19)20-12-13-5-3-2-4-6-13/h2-6,14-15H,7-12H2,1H3/t14-,15+/m0/s1. The Bertz CT molecular complexity index is 463. The number of hydrogen-bond donors (Lipinski definition) is 0. The zero-order valence-corrected chi connectivity index (χ0v) is 12.0. The van der Waals surface area contributed by atoms with Gasteiger partial charge < -0.3 is 14.5 Å². The molecule has 2 saturated heterocycles. The maximum Gasteiger partial charge on any atom is 0.410 e. The SMILES string of the molecule is CN1CC[C@H]2CN(C(=O)OCc3ccccc3)CC[C@H]21. The number of nitrogens with zero attached hydrogens (tertiary/aromatic N) is 2. The highest BCUT2D eigenvalue weighted by atomic mass is 16.6. The molecule has 20 heavy (non-hydrogen) atoms. The highest BCUT2D eigenvalue weighted by Gasteiger charge is 2.38. The van der Waals surface area contributed by atoms with Crippen molar-refractivity contribution in [2.45, 2.75) is 25.5 Å². The fourth-order valence-corrected chi connectivity index (χ4v) is 3.40. The smallest absolute Gasteiger partial charge is 0.410 e. The first-order valence-corrected chi connectivity index (χ1v) is 7.40. The van der Waals surface area contributed by atoms with Crippen molar-refractivity contribution in [1.29, 1.82) is 0 Å². The third-order valence-corrected chi connectivity index (χ3v) is 4.58. The first-order valence-electron chi connectivity index (χ1n) is 7.40. The summed E-state index contributed by atoms with van der Waals surface area (Å²) in [5.41, 5.74) is 1.04. The van der Waals surface area contributed by atoms with Gasteiger partial charge >= 0.3 is 6.09 Å². The van der Waals surface area contributed by atoms with E-state index < -0.39 is 0 Å². The normalized spacial score (nSPS) is 26.4. The third-order valence-electron chi connectivity index (χ3n) is 4.58. The van der Waals surface area contributed by atoms with E-state index in [9.17, 15) is 4.79 Å². The molecule has 2 heterocycles. The van der Waals surface area contributed by atoms with E-state index in [1.807, 2.05) is 35.2 Å². The van der Waals surface area contributed by atoms with Crippen LogP contribution in [0.5, 0.6) is 0 Å². The summed E-state index contributed by atoms with van der Waals surface area (Å²) in [6.45, 7) is 3.19. The number of piperidine rings is 1. The van der Waals surface area contributed by atoms with Crippen LogP contribution in [-0.4, -0.2) is 48.6 Å². The van der Waals surface area contributed by atoms with E-state index in [2.05, 4.69) is 11.9 Å². The summed E-state index contributed by atoms with van der Waals surface area (Å²) in [4.78, 5) is 16.4. The maximum absolute atomic E-state index is 12.1. The molecule has 4 heteroatoms. The molecule has 1 aromatic rings. The number of ether oxygens (including phenoxy) is 1. The highest BCUT2D eigenvalue weighted by Crippen LogP contribution is 2.30. The van der Waals surface area contributed by atoms with Crippen molar-refractivity contribution in [3.8, 4) is 0 Å². The highest BCUT2D eigenvalue weighted by molar-refractivity contribution is 5.67. The summed E-state index contributed by atoms with van der Waals surface area (Å²) in [5.74, 6) is 0.623. The topological polar surface area (TPSA) is 32.8 Å². The Morgan fingerprint density at radius 2 is 2.05 bits per heavy atom. The van der Waals surface area contributed by atoms with Gasteiger partial charge in [-0.1, -0.05) is 30.3 Å². The van der Waals surface area contributed by atoms with Crippen molar-refractivity contribution in [2.24, 2.45) is 5.92 Å². The third kappa shape index (κ3) is 2.80. The van der Waals surface area contributed by atoms with Crippen LogP contribution in [0.4, 0.5) is 4.79 Å². The van der Waals surface area contributed by atoms with E-state index in [-0.39, 0.29) is 6.09 Å². The molecule has 0 radical (unpaired) electrons. The number of amides is 1. The van der Waals surface area contributed by atoms with Crippen molar-refractivity contribution in [1.82, 2.24) is 9.80 Å². The molecule has 3 rings (SSSR count). The molecule has 0 bridgehead atoms. The van der Waals surface area contributed by atoms with Crippen molar-refractivity contribution in [3.63, 3.8) is 0 Å². The average molecular weight is 274 g/mol. The van der Waals surface area contributed by atoms with E-state index >= 15 is 0 Å². The molecular formula is C16H22N2O2. The molecule has 2 fully saturated rings. The number of fused-ring (bicyclic) bond motifs is 1. The second-order valence-electron chi connectivity index (χ2n) is 5.87. The van der Waals surface area contributed by atoms with Gasteiger partial charge in [0.15, 0.2) is 0 Å². The van der Waals surface area contributed by atoms with Gasteiger partial charge in [0.05, 0.1) is 0 Å². The van der Waals surface area contributed by atoms with Crippen LogP contribution >= 0.6 is 0 Å². The Kier molecular flexibility index (Phi) is 3.92. The fourth-order valence-electron chi connectivity index (χ4n) is 3.40. The molecule has 1 amide bonds. The predicted molar refractivity (Wildman–Crippen MR) is 77.3 cm³/mol. The second kappa shape index (κ2) is 5.83. The van der Waals surface area contributed by atoms with Crippen LogP contribution in [0.25, 0.3) is 0 Å². The minimum Gasteiger partial charge on any atom is -0.445 e. The van der Waals surface area contributed by atoms with Crippen LogP contribution in [0.1, 0.15) is 18.4 Å².